The molecule has 3 aromatic rings. The van der Waals surface area contributed by atoms with Gasteiger partial charge in [0.2, 0.25) is 0 Å². The van der Waals surface area contributed by atoms with Crippen molar-refractivity contribution in [3.8, 4) is 5.75 Å². The minimum Gasteiger partial charge on any atom is -0.508 e. The second-order valence-corrected chi connectivity index (χ2v) is 7.07. The highest BCUT2D eigenvalue weighted by atomic mass is 35.5. The Bertz CT molecular complexity index is 961. The van der Waals surface area contributed by atoms with Crippen molar-refractivity contribution < 1.29 is 9.90 Å². The van der Waals surface area contributed by atoms with E-state index in [1.54, 1.807) is 24.3 Å². The third-order valence-electron chi connectivity index (χ3n) is 3.82. The molecule has 0 spiro atoms. The molecule has 1 amide bonds. The van der Waals surface area contributed by atoms with E-state index in [2.05, 4.69) is 10.5 Å². The zero-order valence-corrected chi connectivity index (χ0v) is 15.4. The fourth-order valence-corrected chi connectivity index (χ4v) is 3.99. The number of aryl methyl sites for hydroxylation is 1. The molecule has 0 aliphatic carbocycles. The van der Waals surface area contributed by atoms with Crippen molar-refractivity contribution in [2.45, 2.75) is 20.3 Å². The topological polar surface area (TPSA) is 61.7 Å². The van der Waals surface area contributed by atoms with Crippen molar-refractivity contribution in [3.63, 3.8) is 0 Å². The lowest BCUT2D eigenvalue weighted by atomic mass is 10.1. The number of phenols is 1. The Kier molecular flexibility index (Phi) is 5.06. The van der Waals surface area contributed by atoms with Gasteiger partial charge in [-0.15, -0.1) is 11.3 Å². The average molecular weight is 373 g/mol. The predicted octanol–water partition coefficient (Wildman–Crippen LogP) is 5.11. The van der Waals surface area contributed by atoms with E-state index in [4.69, 9.17) is 11.6 Å². The molecule has 1 heterocycles. The SMILES string of the molecule is CCC(=NNC(=O)c1sc2cc(C)ccc2c1Cl)c1ccc(O)cc1. The second kappa shape index (κ2) is 7.25. The molecular formula is C19H17ClN2O2S. The number of thiophene rings is 1. The molecule has 4 nitrogen and oxygen atoms in total. The molecule has 2 aromatic carbocycles. The summed E-state index contributed by atoms with van der Waals surface area (Å²) in [6.07, 6.45) is 0.643. The van der Waals surface area contributed by atoms with Crippen LogP contribution in [0.4, 0.5) is 0 Å². The van der Waals surface area contributed by atoms with Crippen LogP contribution >= 0.6 is 22.9 Å². The number of hydrogen-bond acceptors (Lipinski definition) is 4. The van der Waals surface area contributed by atoms with Crippen molar-refractivity contribution >= 4 is 44.6 Å². The molecule has 0 atom stereocenters. The molecule has 3 rings (SSSR count). The van der Waals surface area contributed by atoms with E-state index in [1.807, 2.05) is 32.0 Å². The zero-order chi connectivity index (χ0) is 18.0. The number of nitrogens with one attached hydrogen (secondary N) is 1. The van der Waals surface area contributed by atoms with E-state index < -0.39 is 0 Å². The van der Waals surface area contributed by atoms with Gasteiger partial charge in [-0.2, -0.15) is 5.10 Å². The van der Waals surface area contributed by atoms with Crippen molar-refractivity contribution in [1.82, 2.24) is 5.43 Å². The monoisotopic (exact) mass is 372 g/mol. The number of carbonyl (C=O) groups excluding carboxylic acids is 1. The number of halogens is 1. The van der Waals surface area contributed by atoms with E-state index >= 15 is 0 Å². The average Bonchev–Trinajstić information content (AvgIpc) is 2.92. The first-order valence-electron chi connectivity index (χ1n) is 7.84. The molecule has 0 bridgehead atoms. The maximum Gasteiger partial charge on any atom is 0.283 e. The van der Waals surface area contributed by atoms with Crippen LogP contribution in [0.5, 0.6) is 5.75 Å². The fourth-order valence-electron chi connectivity index (χ4n) is 2.49. The van der Waals surface area contributed by atoms with Crippen molar-refractivity contribution in [2.75, 3.05) is 0 Å². The second-order valence-electron chi connectivity index (χ2n) is 5.64. The molecule has 25 heavy (non-hydrogen) atoms. The number of fused-ring (bicyclic) bond motifs is 1. The molecule has 128 valence electrons. The van der Waals surface area contributed by atoms with Crippen molar-refractivity contribution in [2.24, 2.45) is 5.10 Å². The molecule has 0 aliphatic heterocycles. The fraction of sp³-hybridized carbons (Fsp3) is 0.158. The molecule has 6 heteroatoms. The predicted molar refractivity (Wildman–Crippen MR) is 104 cm³/mol. The first kappa shape index (κ1) is 17.5. The lowest BCUT2D eigenvalue weighted by Gasteiger charge is -2.05. The summed E-state index contributed by atoms with van der Waals surface area (Å²) >= 11 is 7.72. The summed E-state index contributed by atoms with van der Waals surface area (Å²) in [5.74, 6) is -0.135. The number of rotatable bonds is 4. The molecule has 0 fully saturated rings. The Morgan fingerprint density at radius 1 is 1.24 bits per heavy atom. The van der Waals surface area contributed by atoms with Gasteiger partial charge in [0.1, 0.15) is 10.6 Å². The summed E-state index contributed by atoms with van der Waals surface area (Å²) in [6.45, 7) is 3.95. The largest absolute Gasteiger partial charge is 0.508 e. The first-order valence-corrected chi connectivity index (χ1v) is 9.04. The third-order valence-corrected chi connectivity index (χ3v) is 5.47. The Morgan fingerprint density at radius 3 is 2.64 bits per heavy atom. The zero-order valence-electron chi connectivity index (χ0n) is 13.8. The molecule has 0 unspecified atom stereocenters. The number of phenolic OH excluding ortho intramolecular Hbond substituents is 1. The maximum atomic E-state index is 12.5. The first-order chi connectivity index (χ1) is 12.0. The quantitative estimate of drug-likeness (QED) is 0.493. The number of nitrogens with zero attached hydrogens (tertiary/aromatic N) is 1. The summed E-state index contributed by atoms with van der Waals surface area (Å²) in [5, 5.41) is 14.9. The number of aromatic hydroxyl groups is 1. The van der Waals surface area contributed by atoms with Gasteiger partial charge in [-0.3, -0.25) is 4.79 Å². The van der Waals surface area contributed by atoms with Crippen LogP contribution in [-0.4, -0.2) is 16.7 Å². The van der Waals surface area contributed by atoms with Gasteiger partial charge in [0.05, 0.1) is 10.7 Å². The smallest absolute Gasteiger partial charge is 0.283 e. The Labute approximate surface area is 154 Å². The van der Waals surface area contributed by atoms with Crippen LogP contribution < -0.4 is 5.43 Å². The van der Waals surface area contributed by atoms with E-state index in [-0.39, 0.29) is 11.7 Å². The number of hydrazone groups is 1. The van der Waals surface area contributed by atoms with Crippen LogP contribution in [0.2, 0.25) is 5.02 Å². The minimum absolute atomic E-state index is 0.190. The summed E-state index contributed by atoms with van der Waals surface area (Å²) in [4.78, 5) is 12.9. The van der Waals surface area contributed by atoms with Crippen LogP contribution in [0, 0.1) is 6.92 Å². The molecule has 0 saturated carbocycles. The van der Waals surface area contributed by atoms with Crippen LogP contribution in [-0.2, 0) is 0 Å². The van der Waals surface area contributed by atoms with E-state index in [0.29, 0.717) is 16.3 Å². The lowest BCUT2D eigenvalue weighted by molar-refractivity contribution is 0.0959. The molecular weight excluding hydrogens is 356 g/mol. The maximum absolute atomic E-state index is 12.5. The number of carbonyl (C=O) groups is 1. The van der Waals surface area contributed by atoms with Gasteiger partial charge in [-0.05, 0) is 54.8 Å². The van der Waals surface area contributed by atoms with Crippen molar-refractivity contribution in [3.05, 3.63) is 63.5 Å². The molecule has 1 aromatic heterocycles. The molecule has 0 radical (unpaired) electrons. The van der Waals surface area contributed by atoms with E-state index in [0.717, 1.165) is 26.9 Å². The highest BCUT2D eigenvalue weighted by Gasteiger charge is 2.17. The van der Waals surface area contributed by atoms with Gasteiger partial charge in [0.15, 0.2) is 0 Å². The summed E-state index contributed by atoms with van der Waals surface area (Å²) < 4.78 is 0.980. The Balaban J connectivity index is 1.86. The standard InChI is InChI=1S/C19H17ClN2O2S/c1-3-15(12-5-7-13(23)8-6-12)21-22-19(24)18-17(20)14-9-4-11(2)10-16(14)25-18/h4-10,23H,3H2,1-2H3,(H,22,24). The minimum atomic E-state index is -0.325. The number of benzene rings is 2. The van der Waals surface area contributed by atoms with Gasteiger partial charge < -0.3 is 5.11 Å². The summed E-state index contributed by atoms with van der Waals surface area (Å²) in [5.41, 5.74) is 5.28. The molecule has 0 saturated heterocycles. The van der Waals surface area contributed by atoms with Gasteiger partial charge >= 0.3 is 0 Å². The van der Waals surface area contributed by atoms with Crippen molar-refractivity contribution in [1.29, 1.82) is 0 Å². The van der Waals surface area contributed by atoms with E-state index in [9.17, 15) is 9.90 Å². The highest BCUT2D eigenvalue weighted by molar-refractivity contribution is 7.21. The van der Waals surface area contributed by atoms with Crippen LogP contribution in [0.3, 0.4) is 0 Å². The van der Waals surface area contributed by atoms with Gasteiger partial charge in [0.25, 0.3) is 5.91 Å². The van der Waals surface area contributed by atoms with Gasteiger partial charge in [0, 0.05) is 10.1 Å². The number of amides is 1. The number of hydrogen-bond donors (Lipinski definition) is 2. The normalized spacial score (nSPS) is 11.7. The van der Waals surface area contributed by atoms with E-state index in [1.165, 1.54) is 11.3 Å². The summed E-state index contributed by atoms with van der Waals surface area (Å²) in [7, 11) is 0. The summed E-state index contributed by atoms with van der Waals surface area (Å²) in [6, 6.07) is 12.6. The van der Waals surface area contributed by atoms with Gasteiger partial charge in [-0.25, -0.2) is 5.43 Å². The highest BCUT2D eigenvalue weighted by Crippen LogP contribution is 2.35. The third kappa shape index (κ3) is 3.67. The Hall–Kier alpha value is -2.37. The lowest BCUT2D eigenvalue weighted by Crippen LogP contribution is -2.19. The van der Waals surface area contributed by atoms with Crippen LogP contribution in [0.25, 0.3) is 10.1 Å². The van der Waals surface area contributed by atoms with Crippen LogP contribution in [0.1, 0.15) is 34.1 Å². The van der Waals surface area contributed by atoms with Crippen LogP contribution in [0.15, 0.2) is 47.6 Å². The van der Waals surface area contributed by atoms with Gasteiger partial charge in [-0.1, -0.05) is 30.7 Å². The Morgan fingerprint density at radius 2 is 1.96 bits per heavy atom. The molecule has 2 N–H and O–H groups in total. The molecule has 0 aliphatic rings.